The molecule has 1 aromatic heterocycles. The zero-order chi connectivity index (χ0) is 18.1. The first-order chi connectivity index (χ1) is 11.9. The summed E-state index contributed by atoms with van der Waals surface area (Å²) in [5, 5.41) is 0.947. The molecule has 0 spiro atoms. The first-order valence-electron chi connectivity index (χ1n) is 7.74. The molecule has 8 nitrogen and oxygen atoms in total. The molecule has 0 aliphatic carbocycles. The summed E-state index contributed by atoms with van der Waals surface area (Å²) in [6, 6.07) is 12.7. The number of aromatic nitrogens is 1. The number of carbonyl (C=O) groups is 1. The molecule has 8 N–H and O–H groups in total. The smallest absolute Gasteiger partial charge is 0.282 e. The lowest BCUT2D eigenvalue weighted by Gasteiger charge is -2.13. The zero-order valence-corrected chi connectivity index (χ0v) is 16.2. The highest BCUT2D eigenvalue weighted by molar-refractivity contribution is 6.10. The molecule has 150 valence electrons. The van der Waals surface area contributed by atoms with E-state index < -0.39 is 5.91 Å². The van der Waals surface area contributed by atoms with Crippen molar-refractivity contribution in [2.24, 2.45) is 16.5 Å². The van der Waals surface area contributed by atoms with E-state index >= 15 is 0 Å². The third-order valence-corrected chi connectivity index (χ3v) is 4.00. The normalized spacial score (nSPS) is 9.50. The highest BCUT2D eigenvalue weighted by atomic mass is 35.5. The van der Waals surface area contributed by atoms with Gasteiger partial charge in [0.15, 0.2) is 5.96 Å². The van der Waals surface area contributed by atoms with Crippen LogP contribution in [0.4, 0.5) is 0 Å². The van der Waals surface area contributed by atoms with Crippen LogP contribution in [0, 0.1) is 13.8 Å². The average Bonchev–Trinajstić information content (AvgIpc) is 2.55. The van der Waals surface area contributed by atoms with Crippen LogP contribution in [0.2, 0.25) is 0 Å². The van der Waals surface area contributed by atoms with Crippen LogP contribution in [0.3, 0.4) is 0 Å². The first kappa shape index (κ1) is 24.8. The Hall–Kier alpha value is -3.20. The summed E-state index contributed by atoms with van der Waals surface area (Å²) >= 11 is 0. The number of nitrogens with two attached hydrogens (primary N) is 2. The monoisotopic (exact) mass is 406 g/mol. The molecule has 3 aromatic rings. The third-order valence-electron chi connectivity index (χ3n) is 4.00. The van der Waals surface area contributed by atoms with E-state index in [0.29, 0.717) is 16.5 Å². The number of benzene rings is 2. The molecule has 0 aliphatic rings. The van der Waals surface area contributed by atoms with E-state index in [2.05, 4.69) is 4.99 Å². The largest absolute Gasteiger partial charge is 0.412 e. The molecule has 2 aromatic carbocycles. The fourth-order valence-corrected chi connectivity index (χ4v) is 2.89. The number of hydrogen-bond acceptors (Lipinski definition) is 2. The maximum Gasteiger partial charge on any atom is 0.282 e. The summed E-state index contributed by atoms with van der Waals surface area (Å²) in [6.45, 7) is 3.90. The molecular weight excluding hydrogens is 384 g/mol. The second kappa shape index (κ2) is 9.65. The Bertz CT molecular complexity index is 1090. The highest BCUT2D eigenvalue weighted by Gasteiger charge is 2.16. The van der Waals surface area contributed by atoms with Crippen LogP contribution in [0.15, 0.2) is 58.4 Å². The van der Waals surface area contributed by atoms with Crippen LogP contribution in [0.25, 0.3) is 16.5 Å². The van der Waals surface area contributed by atoms with Crippen molar-refractivity contribution in [1.82, 2.24) is 4.57 Å². The summed E-state index contributed by atoms with van der Waals surface area (Å²) in [4.78, 5) is 29.0. The number of guanidine groups is 1. The van der Waals surface area contributed by atoms with Crippen LogP contribution in [0.1, 0.15) is 21.5 Å². The number of nitrogens with zero attached hydrogens (tertiary/aromatic N) is 2. The van der Waals surface area contributed by atoms with E-state index in [1.165, 1.54) is 10.8 Å². The molecule has 9 heteroatoms. The highest BCUT2D eigenvalue weighted by Crippen LogP contribution is 2.20. The SMILES string of the molecule is Cc1ccc(-n2cc(C(=O)N=C(N)N)c3ccccc3c2=O)c(C)c1.Cl.O.O. The number of amides is 1. The van der Waals surface area contributed by atoms with Gasteiger partial charge in [-0.05, 0) is 31.5 Å². The summed E-state index contributed by atoms with van der Waals surface area (Å²) in [7, 11) is 0. The van der Waals surface area contributed by atoms with Gasteiger partial charge in [-0.1, -0.05) is 35.9 Å². The van der Waals surface area contributed by atoms with Gasteiger partial charge in [-0.3, -0.25) is 14.2 Å². The summed E-state index contributed by atoms with van der Waals surface area (Å²) in [5.41, 5.74) is 13.5. The molecule has 1 amide bonds. The average molecular weight is 407 g/mol. The molecule has 0 atom stereocenters. The van der Waals surface area contributed by atoms with E-state index in [1.807, 2.05) is 32.0 Å². The quantitative estimate of drug-likeness (QED) is 0.474. The summed E-state index contributed by atoms with van der Waals surface area (Å²) in [5.74, 6) is -0.909. The van der Waals surface area contributed by atoms with E-state index in [9.17, 15) is 9.59 Å². The second-order valence-corrected chi connectivity index (χ2v) is 5.90. The van der Waals surface area contributed by atoms with Crippen LogP contribution >= 0.6 is 12.4 Å². The minimum Gasteiger partial charge on any atom is -0.412 e. The van der Waals surface area contributed by atoms with Crippen LogP contribution in [-0.4, -0.2) is 27.4 Å². The van der Waals surface area contributed by atoms with Crippen molar-refractivity contribution in [1.29, 1.82) is 0 Å². The van der Waals surface area contributed by atoms with E-state index in [1.54, 1.807) is 24.3 Å². The standard InChI is InChI=1S/C19H18N4O2.ClH.2H2O/c1-11-7-8-16(12(2)9-11)23-10-15(17(24)22-19(20)21)13-5-3-4-6-14(13)18(23)25;;;/h3-10H,1-2H3,(H4,20,21,22,24);1H;2*1H2. The summed E-state index contributed by atoms with van der Waals surface area (Å²) < 4.78 is 1.46. The number of fused-ring (bicyclic) bond motifs is 1. The van der Waals surface area contributed by atoms with Crippen LogP contribution in [-0.2, 0) is 0 Å². The molecule has 0 bridgehead atoms. The van der Waals surface area contributed by atoms with Crippen LogP contribution in [0.5, 0.6) is 0 Å². The van der Waals surface area contributed by atoms with Crippen molar-refractivity contribution in [3.8, 4) is 5.69 Å². The Labute approximate surface area is 167 Å². The predicted molar refractivity (Wildman–Crippen MR) is 114 cm³/mol. The lowest BCUT2D eigenvalue weighted by atomic mass is 10.1. The minimum absolute atomic E-state index is 0. The molecule has 1 heterocycles. The molecule has 0 unspecified atom stereocenters. The van der Waals surface area contributed by atoms with Crippen molar-refractivity contribution in [2.45, 2.75) is 13.8 Å². The fraction of sp³-hybridized carbons (Fsp3) is 0.105. The van der Waals surface area contributed by atoms with Gasteiger partial charge in [0.05, 0.1) is 11.3 Å². The Balaban J connectivity index is 0.00000243. The third kappa shape index (κ3) is 4.55. The molecule has 0 radical (unpaired) electrons. The molecule has 0 saturated carbocycles. The minimum atomic E-state index is -0.588. The van der Waals surface area contributed by atoms with E-state index in [0.717, 1.165) is 11.1 Å². The van der Waals surface area contributed by atoms with Gasteiger partial charge in [0.1, 0.15) is 0 Å². The van der Waals surface area contributed by atoms with Gasteiger partial charge >= 0.3 is 0 Å². The first-order valence-corrected chi connectivity index (χ1v) is 7.74. The second-order valence-electron chi connectivity index (χ2n) is 5.90. The topological polar surface area (TPSA) is 166 Å². The van der Waals surface area contributed by atoms with Crippen molar-refractivity contribution >= 4 is 35.0 Å². The number of aryl methyl sites for hydroxylation is 2. The van der Waals surface area contributed by atoms with Crippen molar-refractivity contribution < 1.29 is 15.7 Å². The van der Waals surface area contributed by atoms with Gasteiger partial charge in [0, 0.05) is 17.0 Å². The van der Waals surface area contributed by atoms with Gasteiger partial charge in [-0.2, -0.15) is 4.99 Å². The number of rotatable bonds is 2. The Morgan fingerprint density at radius 1 is 1.00 bits per heavy atom. The van der Waals surface area contributed by atoms with Gasteiger partial charge in [-0.15, -0.1) is 12.4 Å². The van der Waals surface area contributed by atoms with E-state index in [4.69, 9.17) is 11.5 Å². The maximum atomic E-state index is 12.9. The Kier molecular flexibility index (Phi) is 8.55. The van der Waals surface area contributed by atoms with Gasteiger partial charge < -0.3 is 22.4 Å². The van der Waals surface area contributed by atoms with Gasteiger partial charge in [-0.25, -0.2) is 0 Å². The fourth-order valence-electron chi connectivity index (χ4n) is 2.89. The van der Waals surface area contributed by atoms with Crippen molar-refractivity contribution in [3.05, 3.63) is 75.7 Å². The number of halogens is 1. The van der Waals surface area contributed by atoms with E-state index in [-0.39, 0.29) is 40.4 Å². The van der Waals surface area contributed by atoms with Crippen molar-refractivity contribution in [3.63, 3.8) is 0 Å². The van der Waals surface area contributed by atoms with Crippen molar-refractivity contribution in [2.75, 3.05) is 0 Å². The lowest BCUT2D eigenvalue weighted by molar-refractivity contribution is 0.100. The van der Waals surface area contributed by atoms with Gasteiger partial charge in [0.25, 0.3) is 11.5 Å². The number of hydrogen-bond donors (Lipinski definition) is 2. The number of aliphatic imine (C=N–C) groups is 1. The number of pyridine rings is 1. The lowest BCUT2D eigenvalue weighted by Crippen LogP contribution is -2.25. The summed E-state index contributed by atoms with van der Waals surface area (Å²) in [6.07, 6.45) is 1.50. The maximum absolute atomic E-state index is 12.9. The molecule has 0 saturated heterocycles. The molecule has 28 heavy (non-hydrogen) atoms. The zero-order valence-electron chi connectivity index (χ0n) is 15.4. The molecule has 0 fully saturated rings. The molecular formula is C19H23ClN4O4. The van der Waals surface area contributed by atoms with Gasteiger partial charge in [0.2, 0.25) is 0 Å². The molecule has 3 rings (SSSR count). The number of carbonyl (C=O) groups excluding carboxylic acids is 1. The molecule has 0 aliphatic heterocycles. The van der Waals surface area contributed by atoms with Crippen LogP contribution < -0.4 is 17.0 Å². The predicted octanol–water partition coefficient (Wildman–Crippen LogP) is 0.794. The Morgan fingerprint density at radius 3 is 2.18 bits per heavy atom. The Morgan fingerprint density at radius 2 is 1.61 bits per heavy atom.